The largest absolute Gasteiger partial charge is 0.409 e. The molecule has 1 fully saturated rings. The summed E-state index contributed by atoms with van der Waals surface area (Å²) in [5, 5.41) is 20.3. The number of oxime groups is 1. The van der Waals surface area contributed by atoms with Crippen LogP contribution in [-0.2, 0) is 0 Å². The van der Waals surface area contributed by atoms with Crippen LogP contribution in [0.3, 0.4) is 0 Å². The summed E-state index contributed by atoms with van der Waals surface area (Å²) in [6.07, 6.45) is 0. The number of nitrogens with two attached hydrogens (primary N) is 1. The zero-order valence-corrected chi connectivity index (χ0v) is 7.85. The molecule has 0 saturated carbocycles. The molecule has 0 bridgehead atoms. The summed E-state index contributed by atoms with van der Waals surface area (Å²) in [7, 11) is 0. The van der Waals surface area contributed by atoms with Gasteiger partial charge in [0.2, 0.25) is 0 Å². The van der Waals surface area contributed by atoms with Crippen molar-refractivity contribution in [3.63, 3.8) is 0 Å². The van der Waals surface area contributed by atoms with E-state index in [1.807, 2.05) is 0 Å². The SMILES string of the molecule is CC1CN(C/C(N)=N/O)CC1CO. The van der Waals surface area contributed by atoms with Gasteiger partial charge in [-0.2, -0.15) is 0 Å². The molecule has 2 atom stereocenters. The van der Waals surface area contributed by atoms with Gasteiger partial charge in [-0.1, -0.05) is 12.1 Å². The van der Waals surface area contributed by atoms with Gasteiger partial charge in [0.15, 0.2) is 5.84 Å². The van der Waals surface area contributed by atoms with Crippen LogP contribution in [0.25, 0.3) is 0 Å². The van der Waals surface area contributed by atoms with Gasteiger partial charge in [0.1, 0.15) is 0 Å². The van der Waals surface area contributed by atoms with Gasteiger partial charge in [-0.3, -0.25) is 4.90 Å². The van der Waals surface area contributed by atoms with E-state index in [1.54, 1.807) is 0 Å². The Morgan fingerprint density at radius 1 is 1.62 bits per heavy atom. The average Bonchev–Trinajstić information content (AvgIpc) is 2.46. The first-order valence-electron chi connectivity index (χ1n) is 4.47. The molecule has 1 saturated heterocycles. The predicted molar refractivity (Wildman–Crippen MR) is 49.6 cm³/mol. The van der Waals surface area contributed by atoms with Gasteiger partial charge in [0.05, 0.1) is 6.54 Å². The minimum absolute atomic E-state index is 0.216. The summed E-state index contributed by atoms with van der Waals surface area (Å²) < 4.78 is 0. The minimum atomic E-state index is 0.216. The normalized spacial score (nSPS) is 31.1. The van der Waals surface area contributed by atoms with Crippen LogP contribution in [0.1, 0.15) is 6.92 Å². The fourth-order valence-electron chi connectivity index (χ4n) is 1.77. The fourth-order valence-corrected chi connectivity index (χ4v) is 1.77. The molecule has 0 radical (unpaired) electrons. The molecule has 4 N–H and O–H groups in total. The molecule has 0 aromatic heterocycles. The summed E-state index contributed by atoms with van der Waals surface area (Å²) >= 11 is 0. The first kappa shape index (κ1) is 10.3. The highest BCUT2D eigenvalue weighted by molar-refractivity contribution is 5.81. The van der Waals surface area contributed by atoms with Gasteiger partial charge < -0.3 is 16.0 Å². The Balaban J connectivity index is 2.40. The van der Waals surface area contributed by atoms with Crippen molar-refractivity contribution < 1.29 is 10.3 Å². The summed E-state index contributed by atoms with van der Waals surface area (Å²) in [5.74, 6) is 1.04. The van der Waals surface area contributed by atoms with Gasteiger partial charge >= 0.3 is 0 Å². The molecule has 1 aliphatic heterocycles. The lowest BCUT2D eigenvalue weighted by Gasteiger charge is -2.13. The molecular formula is C8H17N3O2. The summed E-state index contributed by atoms with van der Waals surface area (Å²) in [6.45, 7) is 4.54. The average molecular weight is 187 g/mol. The van der Waals surface area contributed by atoms with Crippen molar-refractivity contribution in [2.75, 3.05) is 26.2 Å². The maximum absolute atomic E-state index is 9.01. The van der Waals surface area contributed by atoms with Crippen LogP contribution in [0.5, 0.6) is 0 Å². The van der Waals surface area contributed by atoms with Crippen LogP contribution in [-0.4, -0.2) is 47.3 Å². The van der Waals surface area contributed by atoms with Gasteiger partial charge in [0, 0.05) is 19.7 Å². The molecular weight excluding hydrogens is 170 g/mol. The van der Waals surface area contributed by atoms with Crippen LogP contribution in [0.4, 0.5) is 0 Å². The molecule has 1 aliphatic rings. The van der Waals surface area contributed by atoms with E-state index in [0.717, 1.165) is 13.1 Å². The Kier molecular flexibility index (Phi) is 3.50. The second-order valence-corrected chi connectivity index (χ2v) is 3.71. The molecule has 76 valence electrons. The molecule has 2 unspecified atom stereocenters. The van der Waals surface area contributed by atoms with E-state index in [0.29, 0.717) is 18.4 Å². The topological polar surface area (TPSA) is 82.1 Å². The van der Waals surface area contributed by atoms with Crippen molar-refractivity contribution in [3.8, 4) is 0 Å². The van der Waals surface area contributed by atoms with Gasteiger partial charge in [-0.05, 0) is 11.8 Å². The van der Waals surface area contributed by atoms with E-state index < -0.39 is 0 Å². The number of hydrogen-bond donors (Lipinski definition) is 3. The Labute approximate surface area is 77.8 Å². The smallest absolute Gasteiger partial charge is 0.153 e. The highest BCUT2D eigenvalue weighted by Gasteiger charge is 2.28. The lowest BCUT2D eigenvalue weighted by molar-refractivity contribution is 0.207. The Bertz CT molecular complexity index is 196. The Morgan fingerprint density at radius 3 is 2.77 bits per heavy atom. The summed E-state index contributed by atoms with van der Waals surface area (Å²) in [5.41, 5.74) is 5.38. The minimum Gasteiger partial charge on any atom is -0.409 e. The maximum Gasteiger partial charge on any atom is 0.153 e. The molecule has 5 heteroatoms. The number of amidine groups is 1. The highest BCUT2D eigenvalue weighted by Crippen LogP contribution is 2.21. The Hall–Kier alpha value is -0.810. The monoisotopic (exact) mass is 187 g/mol. The van der Waals surface area contributed by atoms with Crippen LogP contribution < -0.4 is 5.73 Å². The van der Waals surface area contributed by atoms with Gasteiger partial charge in [-0.15, -0.1) is 0 Å². The molecule has 5 nitrogen and oxygen atoms in total. The third-order valence-electron chi connectivity index (χ3n) is 2.59. The lowest BCUT2D eigenvalue weighted by atomic mass is 10.00. The van der Waals surface area contributed by atoms with E-state index in [-0.39, 0.29) is 12.4 Å². The molecule has 0 aliphatic carbocycles. The standard InChI is InChI=1S/C8H17N3O2/c1-6-2-11(3-7(6)5-12)4-8(9)10-13/h6-7,12-13H,2-5H2,1H3,(H2,9,10). The van der Waals surface area contributed by atoms with Crippen molar-refractivity contribution >= 4 is 5.84 Å². The van der Waals surface area contributed by atoms with E-state index >= 15 is 0 Å². The summed E-state index contributed by atoms with van der Waals surface area (Å²) in [4.78, 5) is 2.08. The number of aliphatic hydroxyl groups is 1. The fraction of sp³-hybridized carbons (Fsp3) is 0.875. The van der Waals surface area contributed by atoms with Crippen molar-refractivity contribution in [1.29, 1.82) is 0 Å². The predicted octanol–water partition coefficient (Wildman–Crippen LogP) is -0.707. The zero-order chi connectivity index (χ0) is 9.84. The molecule has 0 aromatic rings. The highest BCUT2D eigenvalue weighted by atomic mass is 16.4. The van der Waals surface area contributed by atoms with Crippen molar-refractivity contribution in [2.24, 2.45) is 22.7 Å². The molecule has 0 spiro atoms. The molecule has 0 aromatic carbocycles. The number of hydrogen-bond acceptors (Lipinski definition) is 4. The number of aliphatic hydroxyl groups excluding tert-OH is 1. The van der Waals surface area contributed by atoms with Crippen molar-refractivity contribution in [1.82, 2.24) is 4.90 Å². The van der Waals surface area contributed by atoms with Crippen molar-refractivity contribution in [3.05, 3.63) is 0 Å². The third kappa shape index (κ3) is 2.57. The van der Waals surface area contributed by atoms with Crippen LogP contribution >= 0.6 is 0 Å². The first-order chi connectivity index (χ1) is 6.17. The summed E-state index contributed by atoms with van der Waals surface area (Å²) in [6, 6.07) is 0. The van der Waals surface area contributed by atoms with Gasteiger partial charge in [-0.25, -0.2) is 0 Å². The van der Waals surface area contributed by atoms with E-state index in [1.165, 1.54) is 0 Å². The quantitative estimate of drug-likeness (QED) is 0.236. The zero-order valence-electron chi connectivity index (χ0n) is 7.85. The third-order valence-corrected chi connectivity index (χ3v) is 2.59. The van der Waals surface area contributed by atoms with Gasteiger partial charge in [0.25, 0.3) is 0 Å². The lowest BCUT2D eigenvalue weighted by Crippen LogP contribution is -2.32. The second-order valence-electron chi connectivity index (χ2n) is 3.71. The molecule has 1 heterocycles. The number of nitrogens with zero attached hydrogens (tertiary/aromatic N) is 2. The molecule has 1 rings (SSSR count). The van der Waals surface area contributed by atoms with Crippen LogP contribution in [0.2, 0.25) is 0 Å². The number of rotatable bonds is 3. The van der Waals surface area contributed by atoms with Crippen LogP contribution in [0.15, 0.2) is 5.16 Å². The van der Waals surface area contributed by atoms with E-state index in [4.69, 9.17) is 16.0 Å². The Morgan fingerprint density at radius 2 is 2.31 bits per heavy atom. The van der Waals surface area contributed by atoms with Crippen LogP contribution in [0, 0.1) is 11.8 Å². The van der Waals surface area contributed by atoms with Crippen molar-refractivity contribution in [2.45, 2.75) is 6.92 Å². The van der Waals surface area contributed by atoms with E-state index in [9.17, 15) is 0 Å². The first-order valence-corrected chi connectivity index (χ1v) is 4.47. The molecule has 13 heavy (non-hydrogen) atoms. The number of likely N-dealkylation sites (tertiary alicyclic amines) is 1. The molecule has 0 amide bonds. The maximum atomic E-state index is 9.01. The van der Waals surface area contributed by atoms with E-state index in [2.05, 4.69) is 17.0 Å². The second kappa shape index (κ2) is 4.43.